The number of nitrogens with zero attached hydrogens (tertiary/aromatic N) is 2. The molecule has 6 heteroatoms. The minimum absolute atomic E-state index is 0.0174. The Morgan fingerprint density at radius 2 is 1.96 bits per heavy atom. The van der Waals surface area contributed by atoms with Gasteiger partial charge >= 0.3 is 0 Å². The molecule has 5 rings (SSSR count). The third-order valence-electron chi connectivity index (χ3n) is 6.48. The van der Waals surface area contributed by atoms with Crippen molar-refractivity contribution in [3.05, 3.63) is 34.9 Å². The Bertz CT molecular complexity index is 910. The highest BCUT2D eigenvalue weighted by Crippen LogP contribution is 2.49. The van der Waals surface area contributed by atoms with E-state index in [1.165, 1.54) is 0 Å². The van der Waals surface area contributed by atoms with E-state index in [0.29, 0.717) is 17.9 Å². The van der Waals surface area contributed by atoms with Gasteiger partial charge in [-0.25, -0.2) is 0 Å². The zero-order valence-corrected chi connectivity index (χ0v) is 16.2. The van der Waals surface area contributed by atoms with Gasteiger partial charge in [-0.1, -0.05) is 18.9 Å². The Hall–Kier alpha value is -2.18. The molecule has 0 amide bonds. The SMILES string of the molecule is Cc1ccc(-c2nnc(N[C@@H]3CCCC[C@H]3O)c3c2COC2(CC2)C3)c(O)c1. The lowest BCUT2D eigenvalue weighted by atomic mass is 9.91. The van der Waals surface area contributed by atoms with Crippen molar-refractivity contribution in [3.63, 3.8) is 0 Å². The van der Waals surface area contributed by atoms with Gasteiger partial charge in [0.1, 0.15) is 11.4 Å². The van der Waals surface area contributed by atoms with Crippen LogP contribution in [-0.4, -0.2) is 38.2 Å². The van der Waals surface area contributed by atoms with Gasteiger partial charge in [0, 0.05) is 23.1 Å². The number of ether oxygens (including phenoxy) is 1. The number of aliphatic hydroxyl groups excluding tert-OH is 1. The molecule has 3 aliphatic rings. The van der Waals surface area contributed by atoms with Crippen LogP contribution in [0, 0.1) is 6.92 Å². The average Bonchev–Trinajstić information content (AvgIpc) is 3.43. The number of anilines is 1. The Balaban J connectivity index is 1.56. The van der Waals surface area contributed by atoms with Gasteiger partial charge in [0.15, 0.2) is 5.82 Å². The topological polar surface area (TPSA) is 87.5 Å². The van der Waals surface area contributed by atoms with Crippen LogP contribution in [0.1, 0.15) is 55.2 Å². The molecule has 2 fully saturated rings. The van der Waals surface area contributed by atoms with Gasteiger partial charge in [-0.3, -0.25) is 0 Å². The van der Waals surface area contributed by atoms with E-state index >= 15 is 0 Å². The number of aliphatic hydroxyl groups is 1. The van der Waals surface area contributed by atoms with Crippen LogP contribution < -0.4 is 5.32 Å². The number of phenolic OH excluding ortho intramolecular Hbond substituents is 1. The Kier molecular flexibility index (Phi) is 4.29. The lowest BCUT2D eigenvalue weighted by molar-refractivity contribution is 0.00826. The number of phenols is 1. The number of benzene rings is 1. The van der Waals surface area contributed by atoms with Gasteiger partial charge in [-0.15, -0.1) is 10.2 Å². The highest BCUT2D eigenvalue weighted by Gasteiger charge is 2.48. The summed E-state index contributed by atoms with van der Waals surface area (Å²) in [6.07, 6.45) is 6.58. The number of fused-ring (bicyclic) bond motifs is 1. The summed E-state index contributed by atoms with van der Waals surface area (Å²) in [4.78, 5) is 0. The molecule has 2 saturated carbocycles. The molecule has 1 aromatic heterocycles. The zero-order valence-electron chi connectivity index (χ0n) is 16.2. The fourth-order valence-electron chi connectivity index (χ4n) is 4.54. The van der Waals surface area contributed by atoms with Crippen LogP contribution in [-0.2, 0) is 17.8 Å². The maximum absolute atomic E-state index is 10.5. The predicted octanol–water partition coefficient (Wildman–Crippen LogP) is 3.48. The molecule has 2 atom stereocenters. The van der Waals surface area contributed by atoms with Gasteiger partial charge in [0.05, 0.1) is 24.4 Å². The van der Waals surface area contributed by atoms with Crippen molar-refractivity contribution in [2.75, 3.05) is 5.32 Å². The van der Waals surface area contributed by atoms with Crippen LogP contribution in [0.3, 0.4) is 0 Å². The molecule has 0 bridgehead atoms. The molecule has 1 spiro atoms. The van der Waals surface area contributed by atoms with Crippen molar-refractivity contribution < 1.29 is 14.9 Å². The van der Waals surface area contributed by atoms with Crippen LogP contribution >= 0.6 is 0 Å². The molecule has 2 heterocycles. The van der Waals surface area contributed by atoms with Crippen LogP contribution in [0.2, 0.25) is 0 Å². The number of rotatable bonds is 3. The van der Waals surface area contributed by atoms with E-state index in [1.54, 1.807) is 6.07 Å². The number of hydrogen-bond donors (Lipinski definition) is 3. The maximum Gasteiger partial charge on any atom is 0.152 e. The van der Waals surface area contributed by atoms with E-state index in [9.17, 15) is 10.2 Å². The van der Waals surface area contributed by atoms with E-state index in [0.717, 1.165) is 67.5 Å². The molecule has 6 nitrogen and oxygen atoms in total. The molecule has 2 aliphatic carbocycles. The number of aromatic nitrogens is 2. The monoisotopic (exact) mass is 381 g/mol. The first-order valence-corrected chi connectivity index (χ1v) is 10.3. The smallest absolute Gasteiger partial charge is 0.152 e. The summed E-state index contributed by atoms with van der Waals surface area (Å²) in [5.41, 5.74) is 4.46. The number of aryl methyl sites for hydroxylation is 1. The van der Waals surface area contributed by atoms with Gasteiger partial charge in [0.2, 0.25) is 0 Å². The number of hydrogen-bond acceptors (Lipinski definition) is 6. The van der Waals surface area contributed by atoms with Gasteiger partial charge < -0.3 is 20.3 Å². The lowest BCUT2D eigenvalue weighted by Crippen LogP contribution is -2.37. The molecule has 0 unspecified atom stereocenters. The second-order valence-electron chi connectivity index (χ2n) is 8.63. The summed E-state index contributed by atoms with van der Waals surface area (Å²) < 4.78 is 6.17. The van der Waals surface area contributed by atoms with Gasteiger partial charge in [-0.2, -0.15) is 0 Å². The Labute approximate surface area is 165 Å². The molecule has 0 saturated heterocycles. The molecule has 2 aromatic rings. The molecule has 1 aromatic carbocycles. The van der Waals surface area contributed by atoms with Gasteiger partial charge in [-0.05, 0) is 50.3 Å². The molecular formula is C22H27N3O3. The summed E-state index contributed by atoms with van der Waals surface area (Å²) in [7, 11) is 0. The quantitative estimate of drug-likeness (QED) is 0.755. The van der Waals surface area contributed by atoms with Crippen LogP contribution in [0.4, 0.5) is 5.82 Å². The minimum atomic E-state index is -0.346. The molecule has 1 aliphatic heterocycles. The highest BCUT2D eigenvalue weighted by molar-refractivity contribution is 5.73. The van der Waals surface area contributed by atoms with Gasteiger partial charge in [0.25, 0.3) is 0 Å². The third kappa shape index (κ3) is 3.14. The van der Waals surface area contributed by atoms with Crippen molar-refractivity contribution in [1.82, 2.24) is 10.2 Å². The van der Waals surface area contributed by atoms with Crippen LogP contribution in [0.25, 0.3) is 11.3 Å². The van der Waals surface area contributed by atoms with E-state index in [1.807, 2.05) is 19.1 Å². The summed E-state index contributed by atoms with van der Waals surface area (Å²) in [5, 5.41) is 33.3. The number of aromatic hydroxyl groups is 1. The Morgan fingerprint density at radius 1 is 1.14 bits per heavy atom. The largest absolute Gasteiger partial charge is 0.507 e. The van der Waals surface area contributed by atoms with E-state index in [-0.39, 0.29) is 23.5 Å². The van der Waals surface area contributed by atoms with Crippen molar-refractivity contribution in [2.45, 2.75) is 76.2 Å². The lowest BCUT2D eigenvalue weighted by Gasteiger charge is -2.32. The molecule has 28 heavy (non-hydrogen) atoms. The Morgan fingerprint density at radius 3 is 2.71 bits per heavy atom. The maximum atomic E-state index is 10.5. The summed E-state index contributed by atoms with van der Waals surface area (Å²) in [6, 6.07) is 5.64. The standard InChI is InChI=1S/C22H27N3O3/c1-13-6-7-14(19(27)10-13)20-16-12-28-22(8-9-22)11-15(16)21(25-24-20)23-17-4-2-3-5-18(17)26/h6-7,10,17-18,26-27H,2-5,8-9,11-12H2,1H3,(H,23,25)/t17-,18-/m1/s1. The first-order chi connectivity index (χ1) is 13.5. The first-order valence-electron chi connectivity index (χ1n) is 10.3. The summed E-state index contributed by atoms with van der Waals surface area (Å²) in [6.45, 7) is 2.43. The third-order valence-corrected chi connectivity index (χ3v) is 6.48. The zero-order chi connectivity index (χ0) is 19.3. The fraction of sp³-hybridized carbons (Fsp3) is 0.545. The van der Waals surface area contributed by atoms with Crippen molar-refractivity contribution >= 4 is 5.82 Å². The molecule has 0 radical (unpaired) electrons. The predicted molar refractivity (Wildman–Crippen MR) is 106 cm³/mol. The fourth-order valence-corrected chi connectivity index (χ4v) is 4.54. The van der Waals surface area contributed by atoms with Crippen LogP contribution in [0.5, 0.6) is 5.75 Å². The van der Waals surface area contributed by atoms with E-state index in [4.69, 9.17) is 4.74 Å². The molecule has 148 valence electrons. The first kappa shape index (κ1) is 17.9. The number of nitrogens with one attached hydrogen (secondary N) is 1. The van der Waals surface area contributed by atoms with E-state index < -0.39 is 0 Å². The van der Waals surface area contributed by atoms with Crippen molar-refractivity contribution in [3.8, 4) is 17.0 Å². The van der Waals surface area contributed by atoms with Crippen molar-refractivity contribution in [1.29, 1.82) is 0 Å². The van der Waals surface area contributed by atoms with E-state index in [2.05, 4.69) is 15.5 Å². The average molecular weight is 381 g/mol. The van der Waals surface area contributed by atoms with Crippen molar-refractivity contribution in [2.24, 2.45) is 0 Å². The summed E-state index contributed by atoms with van der Waals surface area (Å²) in [5.74, 6) is 0.984. The second-order valence-corrected chi connectivity index (χ2v) is 8.63. The molecular weight excluding hydrogens is 354 g/mol. The molecule has 3 N–H and O–H groups in total. The highest BCUT2D eigenvalue weighted by atomic mass is 16.5. The second kappa shape index (κ2) is 6.71. The normalized spacial score (nSPS) is 25.4. The summed E-state index contributed by atoms with van der Waals surface area (Å²) >= 11 is 0. The van der Waals surface area contributed by atoms with Crippen LogP contribution in [0.15, 0.2) is 18.2 Å². The minimum Gasteiger partial charge on any atom is -0.507 e.